The van der Waals surface area contributed by atoms with Crippen LogP contribution in [0.1, 0.15) is 53.0 Å². The number of allylic oxidation sites excluding steroid dienone is 3. The van der Waals surface area contributed by atoms with Crippen LogP contribution in [0.4, 0.5) is 10.5 Å². The van der Waals surface area contributed by atoms with Crippen molar-refractivity contribution in [2.75, 3.05) is 26.2 Å². The Morgan fingerprint density at radius 3 is 2.57 bits per heavy atom. The summed E-state index contributed by atoms with van der Waals surface area (Å²) in [5.41, 5.74) is -0.465. The van der Waals surface area contributed by atoms with Gasteiger partial charge in [0.25, 0.3) is 0 Å². The number of halogens is 1. The standard InChI is InChI=1S/C32H45ClN2O9/c1-17(2)29(37)43-25-15-26(36)35(6)21-13-20(14-22(40-7)27(21)33)12-18(3)10-9-11-24(41-8)32(39)16-23(42-30(38)34-32)19(4)28-31(25,5)44-28/h9-11,13-14,17,19,23-25,28-29,37,39H,12,15-16H2,1-8H3,(H,34,38). The first-order valence-electron chi connectivity index (χ1n) is 14.9. The normalized spacial score (nSPS) is 33.7. The number of nitrogens with one attached hydrogen (secondary N) is 1. The molecule has 8 unspecified atom stereocenters. The predicted molar refractivity (Wildman–Crippen MR) is 165 cm³/mol. The van der Waals surface area contributed by atoms with Crippen molar-refractivity contribution in [3.63, 3.8) is 0 Å². The molecule has 44 heavy (non-hydrogen) atoms. The number of aliphatic hydroxyl groups is 2. The van der Waals surface area contributed by atoms with Crippen LogP contribution in [0.25, 0.3) is 0 Å². The van der Waals surface area contributed by atoms with Crippen molar-refractivity contribution in [2.45, 2.75) is 95.9 Å². The molecule has 3 aliphatic rings. The molecule has 1 aromatic carbocycles. The van der Waals surface area contributed by atoms with E-state index in [1.54, 1.807) is 19.2 Å². The van der Waals surface area contributed by atoms with Gasteiger partial charge in [-0.1, -0.05) is 56.2 Å². The topological polar surface area (TPSA) is 139 Å². The van der Waals surface area contributed by atoms with Crippen molar-refractivity contribution >= 4 is 29.3 Å². The molecule has 12 heteroatoms. The molecule has 0 spiro atoms. The lowest BCUT2D eigenvalue weighted by molar-refractivity contribution is -0.177. The van der Waals surface area contributed by atoms with E-state index in [0.29, 0.717) is 17.9 Å². The van der Waals surface area contributed by atoms with Gasteiger partial charge < -0.3 is 38.8 Å². The van der Waals surface area contributed by atoms with Gasteiger partial charge in [0.15, 0.2) is 12.0 Å². The Balaban J connectivity index is 1.79. The summed E-state index contributed by atoms with van der Waals surface area (Å²) in [6.07, 6.45) is 0.797. The number of hydrogen-bond acceptors (Lipinski definition) is 9. The summed E-state index contributed by atoms with van der Waals surface area (Å²) in [4.78, 5) is 28.0. The lowest BCUT2D eigenvalue weighted by Gasteiger charge is -2.42. The van der Waals surface area contributed by atoms with Crippen LogP contribution in [0.5, 0.6) is 5.75 Å². The van der Waals surface area contributed by atoms with Crippen LogP contribution < -0.4 is 15.0 Å². The molecule has 2 saturated heterocycles. The zero-order chi connectivity index (χ0) is 32.6. The summed E-state index contributed by atoms with van der Waals surface area (Å²) in [5, 5.41) is 25.1. The molecule has 8 atom stereocenters. The zero-order valence-corrected chi connectivity index (χ0v) is 27.4. The number of fused-ring (bicyclic) bond motifs is 5. The Morgan fingerprint density at radius 2 is 1.93 bits per heavy atom. The Morgan fingerprint density at radius 1 is 1.23 bits per heavy atom. The lowest BCUT2D eigenvalue weighted by atomic mass is 9.83. The van der Waals surface area contributed by atoms with Crippen molar-refractivity contribution in [3.8, 4) is 5.75 Å². The van der Waals surface area contributed by atoms with E-state index in [0.717, 1.165) is 11.1 Å². The highest BCUT2D eigenvalue weighted by atomic mass is 35.5. The molecule has 3 aliphatic heterocycles. The number of hydrogen-bond donors (Lipinski definition) is 3. The second-order valence-electron chi connectivity index (χ2n) is 12.6. The van der Waals surface area contributed by atoms with Crippen LogP contribution in [0, 0.1) is 11.8 Å². The molecule has 0 saturated carbocycles. The molecule has 2 amide bonds. The summed E-state index contributed by atoms with van der Waals surface area (Å²) in [5.74, 6) is -0.543. The summed E-state index contributed by atoms with van der Waals surface area (Å²) in [6.45, 7) is 9.22. The number of epoxide rings is 1. The van der Waals surface area contributed by atoms with Crippen LogP contribution in [-0.2, 0) is 30.2 Å². The molecule has 4 bridgehead atoms. The number of anilines is 1. The minimum Gasteiger partial charge on any atom is -0.495 e. The zero-order valence-electron chi connectivity index (χ0n) is 26.6. The molecule has 3 N–H and O–H groups in total. The highest BCUT2D eigenvalue weighted by Gasteiger charge is 2.64. The number of rotatable bonds is 5. The molecule has 0 radical (unpaired) electrons. The monoisotopic (exact) mass is 636 g/mol. The first-order valence-corrected chi connectivity index (χ1v) is 15.2. The Kier molecular flexibility index (Phi) is 10.4. The number of benzene rings is 1. The van der Waals surface area contributed by atoms with Crippen LogP contribution in [0.2, 0.25) is 5.02 Å². The molecule has 3 heterocycles. The fraction of sp³-hybridized carbons (Fsp3) is 0.625. The maximum absolute atomic E-state index is 13.8. The van der Waals surface area contributed by atoms with E-state index in [2.05, 4.69) is 5.32 Å². The maximum atomic E-state index is 13.8. The smallest absolute Gasteiger partial charge is 0.409 e. The second kappa shape index (κ2) is 13.4. The lowest BCUT2D eigenvalue weighted by Crippen LogP contribution is -2.63. The van der Waals surface area contributed by atoms with Gasteiger partial charge in [-0.2, -0.15) is 0 Å². The third kappa shape index (κ3) is 7.08. The van der Waals surface area contributed by atoms with Gasteiger partial charge in [-0.15, -0.1) is 0 Å². The fourth-order valence-corrected chi connectivity index (χ4v) is 6.27. The maximum Gasteiger partial charge on any atom is 0.409 e. The van der Waals surface area contributed by atoms with E-state index in [1.165, 1.54) is 19.1 Å². The average Bonchev–Trinajstić information content (AvgIpc) is 3.66. The van der Waals surface area contributed by atoms with Gasteiger partial charge in [0.05, 0.1) is 25.3 Å². The minimum absolute atomic E-state index is 0.0212. The second-order valence-corrected chi connectivity index (χ2v) is 12.9. The van der Waals surface area contributed by atoms with Crippen molar-refractivity contribution in [1.29, 1.82) is 0 Å². The quantitative estimate of drug-likeness (QED) is 0.322. The molecule has 1 aromatic rings. The third-order valence-corrected chi connectivity index (χ3v) is 9.20. The summed E-state index contributed by atoms with van der Waals surface area (Å²) < 4.78 is 29.1. The number of ether oxygens (including phenoxy) is 5. The fourth-order valence-electron chi connectivity index (χ4n) is 5.96. The Labute approximate surface area is 264 Å². The van der Waals surface area contributed by atoms with E-state index in [1.807, 2.05) is 52.8 Å². The Bertz CT molecular complexity index is 1300. The molecule has 4 rings (SSSR count). The molecule has 244 valence electrons. The SMILES string of the molecule is COc1cc2cc(c1Cl)N(C)C(=O)CC(OC(O)C(C)C)C1(C)OC1C(C)C1CC(O)(NC(=O)O1)C(OC)C=CC=C(C)C2. The Hall–Kier alpha value is -2.67. The number of aliphatic hydroxyl groups excluding tert-OH is 1. The molecule has 2 fully saturated rings. The van der Waals surface area contributed by atoms with Crippen molar-refractivity contribution < 1.29 is 43.5 Å². The number of methoxy groups -OCH3 is 2. The van der Waals surface area contributed by atoms with E-state index in [-0.39, 0.29) is 29.7 Å². The minimum atomic E-state index is -1.75. The number of nitrogens with zero attached hydrogens (tertiary/aromatic N) is 1. The van der Waals surface area contributed by atoms with Gasteiger partial charge in [0, 0.05) is 32.4 Å². The molecular weight excluding hydrogens is 592 g/mol. The first kappa shape index (κ1) is 34.2. The van der Waals surface area contributed by atoms with E-state index >= 15 is 0 Å². The van der Waals surface area contributed by atoms with Crippen molar-refractivity contribution in [1.82, 2.24) is 5.32 Å². The average molecular weight is 637 g/mol. The van der Waals surface area contributed by atoms with E-state index < -0.39 is 54.0 Å². The molecular formula is C32H45ClN2O9. The van der Waals surface area contributed by atoms with Crippen molar-refractivity contribution in [3.05, 3.63) is 46.5 Å². The van der Waals surface area contributed by atoms with Gasteiger partial charge in [-0.05, 0) is 38.0 Å². The van der Waals surface area contributed by atoms with Crippen LogP contribution in [0.15, 0.2) is 35.9 Å². The third-order valence-electron chi connectivity index (χ3n) is 8.82. The number of carbonyl (C=O) groups excluding carboxylic acids is 2. The van der Waals surface area contributed by atoms with Crippen LogP contribution in [0.3, 0.4) is 0 Å². The van der Waals surface area contributed by atoms with Gasteiger partial charge >= 0.3 is 6.09 Å². The first-order chi connectivity index (χ1) is 20.6. The molecule has 11 nitrogen and oxygen atoms in total. The van der Waals surface area contributed by atoms with Gasteiger partial charge in [0.2, 0.25) is 5.91 Å². The molecule has 0 aromatic heterocycles. The summed E-state index contributed by atoms with van der Waals surface area (Å²) >= 11 is 6.70. The van der Waals surface area contributed by atoms with Crippen molar-refractivity contribution in [2.24, 2.45) is 11.8 Å². The van der Waals surface area contributed by atoms with Gasteiger partial charge in [-0.25, -0.2) is 4.79 Å². The molecule has 0 aliphatic carbocycles. The summed E-state index contributed by atoms with van der Waals surface area (Å²) in [6, 6.07) is 3.66. The highest BCUT2D eigenvalue weighted by molar-refractivity contribution is 6.35. The number of alkyl carbamates (subject to hydrolysis) is 1. The number of amides is 2. The summed E-state index contributed by atoms with van der Waals surface area (Å²) in [7, 11) is 4.60. The van der Waals surface area contributed by atoms with Gasteiger partial charge in [-0.3, -0.25) is 10.1 Å². The van der Waals surface area contributed by atoms with E-state index in [9.17, 15) is 19.8 Å². The van der Waals surface area contributed by atoms with Crippen LogP contribution in [-0.4, -0.2) is 85.5 Å². The predicted octanol–water partition coefficient (Wildman–Crippen LogP) is 4.12. The van der Waals surface area contributed by atoms with E-state index in [4.69, 9.17) is 35.3 Å². The number of carbonyl (C=O) groups is 2. The highest BCUT2D eigenvalue weighted by Crippen LogP contribution is 2.49. The largest absolute Gasteiger partial charge is 0.495 e. The van der Waals surface area contributed by atoms with Gasteiger partial charge in [0.1, 0.15) is 34.7 Å². The van der Waals surface area contributed by atoms with Crippen LogP contribution >= 0.6 is 11.6 Å².